The van der Waals surface area contributed by atoms with E-state index in [1.165, 1.54) is 0 Å². The maximum atomic E-state index is 11.8. The van der Waals surface area contributed by atoms with Crippen molar-refractivity contribution in [2.24, 2.45) is 0 Å². The fourth-order valence-corrected chi connectivity index (χ4v) is 2.54. The predicted molar refractivity (Wildman–Crippen MR) is 86.5 cm³/mol. The predicted octanol–water partition coefficient (Wildman–Crippen LogP) is -0.431. The number of aromatic nitrogens is 3. The number of nitrogen functional groups attached to an aromatic ring is 2. The molecule has 2 aromatic rings. The van der Waals surface area contributed by atoms with Crippen molar-refractivity contribution < 1.29 is 0 Å². The lowest BCUT2D eigenvalue weighted by Crippen LogP contribution is -2.49. The van der Waals surface area contributed by atoms with Crippen LogP contribution in [0.1, 0.15) is 5.69 Å². The first kappa shape index (κ1) is 14.2. The van der Waals surface area contributed by atoms with Gasteiger partial charge in [-0.2, -0.15) is 4.68 Å². The summed E-state index contributed by atoms with van der Waals surface area (Å²) in [5, 5.41) is 7.92. The van der Waals surface area contributed by atoms with Crippen LogP contribution in [0, 0.1) is 6.92 Å². The number of piperazine rings is 1. The van der Waals surface area contributed by atoms with Gasteiger partial charge in [0.15, 0.2) is 0 Å². The first-order valence-electron chi connectivity index (χ1n) is 7.13. The fraction of sp³-hybridized carbons (Fsp3) is 0.357. The van der Waals surface area contributed by atoms with Gasteiger partial charge in [0.25, 0.3) is 5.56 Å². The molecule has 8 heteroatoms. The number of rotatable bonds is 2. The van der Waals surface area contributed by atoms with E-state index < -0.39 is 0 Å². The average molecular weight is 301 g/mol. The third-order valence-electron chi connectivity index (χ3n) is 3.85. The van der Waals surface area contributed by atoms with E-state index in [4.69, 9.17) is 11.6 Å². The molecule has 8 nitrogen and oxygen atoms in total. The summed E-state index contributed by atoms with van der Waals surface area (Å²) in [6, 6.07) is 7.81. The molecule has 1 aliphatic heterocycles. The van der Waals surface area contributed by atoms with Gasteiger partial charge in [-0.05, 0) is 31.2 Å². The van der Waals surface area contributed by atoms with Gasteiger partial charge in [0.1, 0.15) is 5.69 Å². The quantitative estimate of drug-likeness (QED) is 0.572. The van der Waals surface area contributed by atoms with Crippen LogP contribution in [0.4, 0.5) is 17.3 Å². The normalized spacial score (nSPS) is 15.1. The van der Waals surface area contributed by atoms with Gasteiger partial charge in [-0.1, -0.05) is 0 Å². The molecule has 0 bridgehead atoms. The van der Waals surface area contributed by atoms with Crippen LogP contribution in [0.25, 0.3) is 0 Å². The topological polar surface area (TPSA) is 106 Å². The maximum Gasteiger partial charge on any atom is 0.295 e. The Bertz CT molecular complexity index is 717. The third-order valence-corrected chi connectivity index (χ3v) is 3.85. The number of benzene rings is 1. The SMILES string of the molecule is Cc1nnc(N2CCN(c3ccc(N)cc3)CC2)n(N)c1=O. The van der Waals surface area contributed by atoms with Crippen LogP contribution in [-0.4, -0.2) is 41.1 Å². The van der Waals surface area contributed by atoms with E-state index in [9.17, 15) is 4.79 Å². The lowest BCUT2D eigenvalue weighted by molar-refractivity contribution is 0.616. The van der Waals surface area contributed by atoms with Crippen LogP contribution in [-0.2, 0) is 0 Å². The molecule has 0 atom stereocenters. The van der Waals surface area contributed by atoms with Crippen LogP contribution in [0.3, 0.4) is 0 Å². The zero-order valence-electron chi connectivity index (χ0n) is 12.4. The molecule has 0 spiro atoms. The van der Waals surface area contributed by atoms with E-state index in [-0.39, 0.29) is 5.56 Å². The molecule has 1 saturated heterocycles. The monoisotopic (exact) mass is 301 g/mol. The van der Waals surface area contributed by atoms with Crippen LogP contribution in [0.15, 0.2) is 29.1 Å². The van der Waals surface area contributed by atoms with Crippen molar-refractivity contribution in [1.29, 1.82) is 0 Å². The first-order valence-corrected chi connectivity index (χ1v) is 7.13. The van der Waals surface area contributed by atoms with Gasteiger partial charge >= 0.3 is 0 Å². The number of hydrogen-bond donors (Lipinski definition) is 2. The van der Waals surface area contributed by atoms with Crippen LogP contribution < -0.4 is 26.9 Å². The van der Waals surface area contributed by atoms with Crippen LogP contribution in [0.2, 0.25) is 0 Å². The van der Waals surface area contributed by atoms with E-state index >= 15 is 0 Å². The van der Waals surface area contributed by atoms with E-state index in [2.05, 4.69) is 15.1 Å². The Hall–Kier alpha value is -2.77. The van der Waals surface area contributed by atoms with Crippen molar-refractivity contribution in [2.45, 2.75) is 6.92 Å². The smallest absolute Gasteiger partial charge is 0.295 e. The highest BCUT2D eigenvalue weighted by molar-refractivity contribution is 5.54. The number of anilines is 3. The lowest BCUT2D eigenvalue weighted by atomic mass is 10.2. The van der Waals surface area contributed by atoms with Crippen LogP contribution >= 0.6 is 0 Å². The van der Waals surface area contributed by atoms with Gasteiger partial charge in [-0.25, -0.2) is 0 Å². The molecule has 1 aliphatic rings. The molecule has 0 unspecified atom stereocenters. The molecular weight excluding hydrogens is 282 g/mol. The van der Waals surface area contributed by atoms with Gasteiger partial charge in [-0.15, -0.1) is 10.2 Å². The van der Waals surface area contributed by atoms with Crippen molar-refractivity contribution in [3.8, 4) is 0 Å². The zero-order chi connectivity index (χ0) is 15.7. The standard InChI is InChI=1S/C14H19N7O/c1-10-13(22)21(16)14(18-17-10)20-8-6-19(7-9-20)12-4-2-11(15)3-5-12/h2-5H,6-9,15-16H2,1H3. The summed E-state index contributed by atoms with van der Waals surface area (Å²) in [6.07, 6.45) is 0. The summed E-state index contributed by atoms with van der Waals surface area (Å²) in [4.78, 5) is 16.1. The third kappa shape index (κ3) is 2.54. The largest absolute Gasteiger partial charge is 0.399 e. The summed E-state index contributed by atoms with van der Waals surface area (Å²) < 4.78 is 1.07. The first-order chi connectivity index (χ1) is 10.6. The second-order valence-electron chi connectivity index (χ2n) is 5.33. The number of aryl methyl sites for hydroxylation is 1. The van der Waals surface area contributed by atoms with Gasteiger partial charge in [0.2, 0.25) is 5.95 Å². The highest BCUT2D eigenvalue weighted by Gasteiger charge is 2.21. The van der Waals surface area contributed by atoms with Gasteiger partial charge in [-0.3, -0.25) is 4.79 Å². The molecule has 4 N–H and O–H groups in total. The van der Waals surface area contributed by atoms with Crippen molar-refractivity contribution in [1.82, 2.24) is 14.9 Å². The molecule has 0 saturated carbocycles. The molecule has 0 aliphatic carbocycles. The maximum absolute atomic E-state index is 11.8. The summed E-state index contributed by atoms with van der Waals surface area (Å²) in [7, 11) is 0. The molecule has 0 amide bonds. The van der Waals surface area contributed by atoms with E-state index in [0.717, 1.165) is 42.2 Å². The van der Waals surface area contributed by atoms with Crippen molar-refractivity contribution in [3.63, 3.8) is 0 Å². The molecule has 2 heterocycles. The molecular formula is C14H19N7O. The van der Waals surface area contributed by atoms with Gasteiger partial charge in [0, 0.05) is 37.6 Å². The molecule has 3 rings (SSSR count). The highest BCUT2D eigenvalue weighted by atomic mass is 16.1. The molecule has 1 aromatic carbocycles. The molecule has 0 radical (unpaired) electrons. The minimum absolute atomic E-state index is 0.298. The van der Waals surface area contributed by atoms with Gasteiger partial charge in [0.05, 0.1) is 0 Å². The summed E-state index contributed by atoms with van der Waals surface area (Å²) in [6.45, 7) is 4.67. The minimum Gasteiger partial charge on any atom is -0.399 e. The van der Waals surface area contributed by atoms with Crippen molar-refractivity contribution in [3.05, 3.63) is 40.3 Å². The Morgan fingerprint density at radius 1 is 1.00 bits per heavy atom. The second-order valence-corrected chi connectivity index (χ2v) is 5.33. The Morgan fingerprint density at radius 3 is 2.23 bits per heavy atom. The lowest BCUT2D eigenvalue weighted by Gasteiger charge is -2.36. The number of nitrogens with two attached hydrogens (primary N) is 2. The molecule has 1 fully saturated rings. The minimum atomic E-state index is -0.314. The van der Waals surface area contributed by atoms with Crippen molar-refractivity contribution >= 4 is 17.3 Å². The summed E-state index contributed by atoms with van der Waals surface area (Å²) >= 11 is 0. The van der Waals surface area contributed by atoms with E-state index in [1.807, 2.05) is 29.2 Å². The summed E-state index contributed by atoms with van der Waals surface area (Å²) in [5.41, 5.74) is 7.58. The van der Waals surface area contributed by atoms with Gasteiger partial charge < -0.3 is 21.4 Å². The molecule has 116 valence electrons. The Morgan fingerprint density at radius 2 is 1.59 bits per heavy atom. The average Bonchev–Trinajstić information content (AvgIpc) is 2.54. The Balaban J connectivity index is 1.73. The van der Waals surface area contributed by atoms with Crippen molar-refractivity contribution in [2.75, 3.05) is 47.6 Å². The van der Waals surface area contributed by atoms with E-state index in [1.54, 1.807) is 6.92 Å². The zero-order valence-corrected chi connectivity index (χ0v) is 12.4. The van der Waals surface area contributed by atoms with Crippen LogP contribution in [0.5, 0.6) is 0 Å². The number of nitrogens with zero attached hydrogens (tertiary/aromatic N) is 5. The molecule has 22 heavy (non-hydrogen) atoms. The molecule has 1 aromatic heterocycles. The van der Waals surface area contributed by atoms with E-state index in [0.29, 0.717) is 11.6 Å². The summed E-state index contributed by atoms with van der Waals surface area (Å²) in [5.74, 6) is 6.22. The Kier molecular flexibility index (Phi) is 3.58. The fourth-order valence-electron chi connectivity index (χ4n) is 2.54. The Labute approximate surface area is 127 Å². The number of hydrogen-bond acceptors (Lipinski definition) is 7. The highest BCUT2D eigenvalue weighted by Crippen LogP contribution is 2.19. The second kappa shape index (κ2) is 5.55.